The van der Waals surface area contributed by atoms with Crippen LogP contribution in [0.2, 0.25) is 0 Å². The minimum absolute atomic E-state index is 0.0462. The van der Waals surface area contributed by atoms with Crippen molar-refractivity contribution in [3.63, 3.8) is 0 Å². The topological polar surface area (TPSA) is 35.5 Å². The fourth-order valence-electron chi connectivity index (χ4n) is 1.90. The summed E-state index contributed by atoms with van der Waals surface area (Å²) in [5.41, 5.74) is 1.72. The molecule has 1 heterocycles. The van der Waals surface area contributed by atoms with Crippen LogP contribution in [0, 0.1) is 5.92 Å². The number of hydrogen-bond donors (Lipinski definition) is 0. The van der Waals surface area contributed by atoms with Crippen LogP contribution in [-0.2, 0) is 9.53 Å². The Balaban J connectivity index is 2.13. The number of allylic oxidation sites excluding steroid dienone is 1. The molecule has 1 aromatic carbocycles. The number of cyclic esters (lactones) is 1. The molecule has 0 spiro atoms. The Morgan fingerprint density at radius 2 is 2.17 bits per heavy atom. The number of ether oxygens (including phenoxy) is 2. The van der Waals surface area contributed by atoms with E-state index in [4.69, 9.17) is 9.47 Å². The van der Waals surface area contributed by atoms with Gasteiger partial charge in [0.2, 0.25) is 0 Å². The molecule has 18 heavy (non-hydrogen) atoms. The molecule has 0 amide bonds. The van der Waals surface area contributed by atoms with Crippen LogP contribution in [0.1, 0.15) is 12.5 Å². The zero-order chi connectivity index (χ0) is 13.0. The number of rotatable bonds is 4. The van der Waals surface area contributed by atoms with Gasteiger partial charge in [-0.3, -0.25) is 0 Å². The van der Waals surface area contributed by atoms with E-state index in [2.05, 4.69) is 0 Å². The number of esters is 1. The molecule has 1 aliphatic rings. The van der Waals surface area contributed by atoms with Crippen molar-refractivity contribution in [2.75, 3.05) is 13.7 Å². The second kappa shape index (κ2) is 5.54. The molecule has 1 aliphatic heterocycles. The lowest BCUT2D eigenvalue weighted by atomic mass is 10.00. The van der Waals surface area contributed by atoms with Gasteiger partial charge < -0.3 is 9.47 Å². The molecule has 0 aliphatic carbocycles. The van der Waals surface area contributed by atoms with Crippen molar-refractivity contribution in [1.82, 2.24) is 0 Å². The summed E-state index contributed by atoms with van der Waals surface area (Å²) in [5.74, 6) is 0.654. The molecule has 0 radical (unpaired) electrons. The quantitative estimate of drug-likeness (QED) is 0.764. The lowest BCUT2D eigenvalue weighted by molar-refractivity contribution is -0.136. The highest BCUT2D eigenvalue weighted by Gasteiger charge is 2.20. The average molecular weight is 244 g/mol. The van der Waals surface area contributed by atoms with Gasteiger partial charge in [0.25, 0.3) is 0 Å². The second-order valence-corrected chi connectivity index (χ2v) is 4.15. The summed E-state index contributed by atoms with van der Waals surface area (Å²) in [6.07, 6.45) is 5.78. The molecule has 0 fully saturated rings. The molecular formula is C15H16O3. The summed E-state index contributed by atoms with van der Waals surface area (Å²) in [4.78, 5) is 11.4. The van der Waals surface area contributed by atoms with Gasteiger partial charge in [-0.05, 0) is 12.1 Å². The van der Waals surface area contributed by atoms with E-state index >= 15 is 0 Å². The van der Waals surface area contributed by atoms with Crippen molar-refractivity contribution in [2.45, 2.75) is 6.92 Å². The van der Waals surface area contributed by atoms with Crippen LogP contribution in [0.25, 0.3) is 6.08 Å². The van der Waals surface area contributed by atoms with Crippen LogP contribution in [0.5, 0.6) is 5.75 Å². The Morgan fingerprint density at radius 3 is 2.83 bits per heavy atom. The van der Waals surface area contributed by atoms with Gasteiger partial charge in [0.1, 0.15) is 12.4 Å². The van der Waals surface area contributed by atoms with E-state index in [9.17, 15) is 4.79 Å². The summed E-state index contributed by atoms with van der Waals surface area (Å²) >= 11 is 0. The summed E-state index contributed by atoms with van der Waals surface area (Å²) in [6, 6.07) is 7.77. The predicted octanol–water partition coefficient (Wildman–Crippen LogP) is 2.83. The van der Waals surface area contributed by atoms with Gasteiger partial charge in [-0.15, -0.1) is 0 Å². The van der Waals surface area contributed by atoms with E-state index in [-0.39, 0.29) is 11.9 Å². The van der Waals surface area contributed by atoms with Crippen molar-refractivity contribution in [3.05, 3.63) is 47.6 Å². The third-order valence-electron chi connectivity index (χ3n) is 2.95. The Morgan fingerprint density at radius 1 is 1.39 bits per heavy atom. The Bertz CT molecular complexity index is 500. The largest absolute Gasteiger partial charge is 0.496 e. The van der Waals surface area contributed by atoms with E-state index in [1.165, 1.54) is 0 Å². The first-order valence-corrected chi connectivity index (χ1v) is 5.90. The number of benzene rings is 1. The van der Waals surface area contributed by atoms with Crippen LogP contribution in [0.15, 0.2) is 42.0 Å². The molecule has 1 aromatic rings. The lowest BCUT2D eigenvalue weighted by Crippen LogP contribution is -2.05. The number of carbonyl (C=O) groups excluding carboxylic acids is 1. The normalized spacial score (nSPS) is 16.6. The molecule has 0 bridgehead atoms. The monoisotopic (exact) mass is 244 g/mol. The SMILES string of the molecule is COc1ccccc1/C=C/C(C)C1=CCOC1=O. The van der Waals surface area contributed by atoms with Gasteiger partial charge in [0, 0.05) is 17.1 Å². The van der Waals surface area contributed by atoms with Crippen molar-refractivity contribution in [3.8, 4) is 5.75 Å². The van der Waals surface area contributed by atoms with Crippen molar-refractivity contribution in [1.29, 1.82) is 0 Å². The van der Waals surface area contributed by atoms with Crippen LogP contribution < -0.4 is 4.74 Å². The number of para-hydroxylation sites is 1. The van der Waals surface area contributed by atoms with Gasteiger partial charge in [-0.2, -0.15) is 0 Å². The fourth-order valence-corrected chi connectivity index (χ4v) is 1.90. The molecule has 0 saturated heterocycles. The Kier molecular flexibility index (Phi) is 3.82. The molecule has 1 unspecified atom stereocenters. The molecule has 3 heteroatoms. The molecule has 0 aromatic heterocycles. The highest BCUT2D eigenvalue weighted by atomic mass is 16.5. The van der Waals surface area contributed by atoms with Crippen LogP contribution in [0.3, 0.4) is 0 Å². The Hall–Kier alpha value is -2.03. The molecule has 3 nitrogen and oxygen atoms in total. The van der Waals surface area contributed by atoms with Gasteiger partial charge in [-0.1, -0.05) is 37.3 Å². The Labute approximate surface area is 107 Å². The van der Waals surface area contributed by atoms with E-state index in [1.807, 2.05) is 49.4 Å². The van der Waals surface area contributed by atoms with Gasteiger partial charge in [-0.25, -0.2) is 4.79 Å². The van der Waals surface area contributed by atoms with E-state index < -0.39 is 0 Å². The molecule has 1 atom stereocenters. The fraction of sp³-hybridized carbons (Fsp3) is 0.267. The lowest BCUT2D eigenvalue weighted by Gasteiger charge is -2.06. The number of methoxy groups -OCH3 is 1. The van der Waals surface area contributed by atoms with E-state index in [0.717, 1.165) is 16.9 Å². The third kappa shape index (κ3) is 2.62. The number of hydrogen-bond acceptors (Lipinski definition) is 3. The summed E-state index contributed by atoms with van der Waals surface area (Å²) in [5, 5.41) is 0. The van der Waals surface area contributed by atoms with Crippen molar-refractivity contribution in [2.24, 2.45) is 5.92 Å². The standard InChI is InChI=1S/C15H16O3/c1-11(13-9-10-18-15(13)16)7-8-12-5-3-4-6-14(12)17-2/h3-9,11H,10H2,1-2H3/b8-7+. The molecule has 0 N–H and O–H groups in total. The zero-order valence-electron chi connectivity index (χ0n) is 10.6. The average Bonchev–Trinajstić information content (AvgIpc) is 2.82. The maximum Gasteiger partial charge on any atom is 0.334 e. The minimum atomic E-state index is -0.216. The highest BCUT2D eigenvalue weighted by Crippen LogP contribution is 2.23. The van der Waals surface area contributed by atoms with Gasteiger partial charge >= 0.3 is 5.97 Å². The summed E-state index contributed by atoms with van der Waals surface area (Å²) < 4.78 is 10.2. The summed E-state index contributed by atoms with van der Waals surface area (Å²) in [7, 11) is 1.65. The van der Waals surface area contributed by atoms with Gasteiger partial charge in [0.05, 0.1) is 7.11 Å². The maximum atomic E-state index is 11.4. The zero-order valence-corrected chi connectivity index (χ0v) is 10.6. The van der Waals surface area contributed by atoms with Crippen LogP contribution in [-0.4, -0.2) is 19.7 Å². The molecular weight excluding hydrogens is 228 g/mol. The smallest absolute Gasteiger partial charge is 0.334 e. The third-order valence-corrected chi connectivity index (χ3v) is 2.95. The first kappa shape index (κ1) is 12.4. The maximum absolute atomic E-state index is 11.4. The van der Waals surface area contributed by atoms with E-state index in [0.29, 0.717) is 6.61 Å². The van der Waals surface area contributed by atoms with E-state index in [1.54, 1.807) is 7.11 Å². The first-order valence-electron chi connectivity index (χ1n) is 5.90. The molecule has 2 rings (SSSR count). The molecule has 94 valence electrons. The van der Waals surface area contributed by atoms with Crippen LogP contribution in [0.4, 0.5) is 0 Å². The molecule has 0 saturated carbocycles. The summed E-state index contributed by atoms with van der Waals surface area (Å²) in [6.45, 7) is 2.37. The van der Waals surface area contributed by atoms with Crippen LogP contribution >= 0.6 is 0 Å². The van der Waals surface area contributed by atoms with Crippen molar-refractivity contribution < 1.29 is 14.3 Å². The number of carbonyl (C=O) groups is 1. The minimum Gasteiger partial charge on any atom is -0.496 e. The van der Waals surface area contributed by atoms with Gasteiger partial charge in [0.15, 0.2) is 0 Å². The predicted molar refractivity (Wildman–Crippen MR) is 70.2 cm³/mol. The second-order valence-electron chi connectivity index (χ2n) is 4.15. The first-order chi connectivity index (χ1) is 8.72. The van der Waals surface area contributed by atoms with Crippen molar-refractivity contribution >= 4 is 12.0 Å². The highest BCUT2D eigenvalue weighted by molar-refractivity contribution is 5.91.